The number of aliphatic hydroxyl groups is 1. The van der Waals surface area contributed by atoms with Crippen LogP contribution in [0.4, 0.5) is 18.9 Å². The van der Waals surface area contributed by atoms with E-state index < -0.39 is 18.6 Å². The van der Waals surface area contributed by atoms with Crippen molar-refractivity contribution in [1.82, 2.24) is 20.1 Å². The van der Waals surface area contributed by atoms with Crippen LogP contribution >= 0.6 is 11.8 Å². The number of alkyl halides is 3. The topological polar surface area (TPSA) is 112 Å². The molecule has 3 unspecified atom stereocenters. The summed E-state index contributed by atoms with van der Waals surface area (Å²) >= 11 is 1.61. The monoisotopic (exact) mass is 649 g/mol. The number of anilines is 1. The quantitative estimate of drug-likeness (QED) is 0.180. The van der Waals surface area contributed by atoms with Crippen LogP contribution in [0.1, 0.15) is 50.2 Å². The summed E-state index contributed by atoms with van der Waals surface area (Å²) in [6.07, 6.45) is -3.51. The van der Waals surface area contributed by atoms with Gasteiger partial charge in [0.2, 0.25) is 6.35 Å². The summed E-state index contributed by atoms with van der Waals surface area (Å²) in [5, 5.41) is 28.9. The molecular formula is C33H34F3N7O2S. The second-order valence-electron chi connectivity index (χ2n) is 11.1. The van der Waals surface area contributed by atoms with Gasteiger partial charge in [-0.2, -0.15) is 5.26 Å². The summed E-state index contributed by atoms with van der Waals surface area (Å²) in [6.45, 7) is 6.66. The highest BCUT2D eigenvalue weighted by Gasteiger charge is 2.31. The average molecular weight is 650 g/mol. The fourth-order valence-electron chi connectivity index (χ4n) is 5.14. The van der Waals surface area contributed by atoms with Crippen LogP contribution in [0.3, 0.4) is 0 Å². The van der Waals surface area contributed by atoms with Crippen molar-refractivity contribution in [2.45, 2.75) is 57.8 Å². The Morgan fingerprint density at radius 1 is 1.11 bits per heavy atom. The minimum Gasteiger partial charge on any atom is -0.406 e. The molecular weight excluding hydrogens is 615 g/mol. The van der Waals surface area contributed by atoms with Gasteiger partial charge >= 0.3 is 6.36 Å². The van der Waals surface area contributed by atoms with E-state index in [1.807, 2.05) is 12.1 Å². The number of nitrogens with zero attached hydrogens (tertiary/aromatic N) is 6. The zero-order chi connectivity index (χ0) is 32.8. The predicted molar refractivity (Wildman–Crippen MR) is 173 cm³/mol. The van der Waals surface area contributed by atoms with E-state index in [0.29, 0.717) is 23.0 Å². The standard InChI is InChI=1S/C33H34F3N7O2S/c1-21(2)28-6-4-5-7-29(28)43-22(3)16-17-46-32(43)40-31(44)38-19-25(18-37)23-8-10-24(11-9-23)30-39-20-42(41-30)26-12-14-27(15-13-26)45-33(34,35)36/h4-15,20-22,25,31,38,44H,16-17,19H2,1-3H3/b40-32-. The molecule has 2 heterocycles. The number of nitrogens with one attached hydrogen (secondary N) is 1. The number of halogens is 3. The van der Waals surface area contributed by atoms with Crippen molar-refractivity contribution in [2.24, 2.45) is 4.99 Å². The third kappa shape index (κ3) is 8.06. The van der Waals surface area contributed by atoms with Gasteiger partial charge in [-0.15, -0.1) is 18.3 Å². The van der Waals surface area contributed by atoms with Crippen LogP contribution in [0.15, 0.2) is 84.1 Å². The zero-order valence-corrected chi connectivity index (χ0v) is 26.3. The Morgan fingerprint density at radius 3 is 2.50 bits per heavy atom. The fourth-order valence-corrected chi connectivity index (χ4v) is 6.37. The van der Waals surface area contributed by atoms with E-state index in [9.17, 15) is 23.5 Å². The van der Waals surface area contributed by atoms with Gasteiger partial charge in [0.15, 0.2) is 11.0 Å². The molecule has 1 aromatic heterocycles. The molecule has 0 aliphatic carbocycles. The lowest BCUT2D eigenvalue weighted by atomic mass is 9.99. The Labute approximate surface area is 269 Å². The molecule has 3 aromatic carbocycles. The molecule has 3 atom stereocenters. The summed E-state index contributed by atoms with van der Waals surface area (Å²) in [4.78, 5) is 11.1. The molecule has 0 radical (unpaired) electrons. The Hall–Kier alpha value is -4.38. The van der Waals surface area contributed by atoms with Gasteiger partial charge in [-0.05, 0) is 60.7 Å². The van der Waals surface area contributed by atoms with Gasteiger partial charge in [0.25, 0.3) is 0 Å². The zero-order valence-electron chi connectivity index (χ0n) is 25.5. The van der Waals surface area contributed by atoms with Gasteiger partial charge in [-0.1, -0.05) is 68.1 Å². The van der Waals surface area contributed by atoms with Crippen LogP contribution in [0.5, 0.6) is 5.75 Å². The van der Waals surface area contributed by atoms with Gasteiger partial charge < -0.3 is 14.7 Å². The molecule has 1 fully saturated rings. The minimum atomic E-state index is -4.77. The number of aromatic nitrogens is 3. The smallest absolute Gasteiger partial charge is 0.406 e. The number of amidine groups is 1. The Bertz CT molecular complexity index is 1690. The summed E-state index contributed by atoms with van der Waals surface area (Å²) in [6, 6.07) is 23.3. The number of nitriles is 1. The van der Waals surface area contributed by atoms with Crippen molar-refractivity contribution in [3.63, 3.8) is 0 Å². The van der Waals surface area contributed by atoms with Crippen LogP contribution < -0.4 is 15.0 Å². The summed E-state index contributed by atoms with van der Waals surface area (Å²) < 4.78 is 42.7. The van der Waals surface area contributed by atoms with Crippen LogP contribution in [-0.4, -0.2) is 56.1 Å². The normalized spacial score (nSPS) is 17.6. The van der Waals surface area contributed by atoms with Crippen LogP contribution in [-0.2, 0) is 0 Å². The maximum atomic E-state index is 12.4. The molecule has 4 aromatic rings. The molecule has 1 aliphatic rings. The number of para-hydroxylation sites is 1. The van der Waals surface area contributed by atoms with Crippen molar-refractivity contribution >= 4 is 22.6 Å². The maximum Gasteiger partial charge on any atom is 0.573 e. The van der Waals surface area contributed by atoms with E-state index in [-0.39, 0.29) is 18.3 Å². The summed E-state index contributed by atoms with van der Waals surface area (Å²) in [5.41, 5.74) is 4.25. The number of ether oxygens (including phenoxy) is 1. The summed E-state index contributed by atoms with van der Waals surface area (Å²) in [5.74, 6) is 0.753. The molecule has 5 rings (SSSR count). The lowest BCUT2D eigenvalue weighted by Crippen LogP contribution is -2.43. The van der Waals surface area contributed by atoms with Crippen LogP contribution in [0, 0.1) is 11.3 Å². The van der Waals surface area contributed by atoms with Crippen molar-refractivity contribution in [3.05, 3.63) is 90.3 Å². The molecule has 0 spiro atoms. The average Bonchev–Trinajstić information content (AvgIpc) is 3.52. The highest BCUT2D eigenvalue weighted by atomic mass is 32.2. The molecule has 2 N–H and O–H groups in total. The molecule has 13 heteroatoms. The van der Waals surface area contributed by atoms with E-state index in [4.69, 9.17) is 0 Å². The molecule has 240 valence electrons. The molecule has 1 aliphatic heterocycles. The van der Waals surface area contributed by atoms with E-state index >= 15 is 0 Å². The Morgan fingerprint density at radius 2 is 1.83 bits per heavy atom. The molecule has 0 bridgehead atoms. The second-order valence-corrected chi connectivity index (χ2v) is 12.2. The van der Waals surface area contributed by atoms with E-state index in [2.05, 4.69) is 69.0 Å². The Balaban J connectivity index is 1.23. The lowest BCUT2D eigenvalue weighted by Gasteiger charge is -2.37. The van der Waals surface area contributed by atoms with Crippen LogP contribution in [0.2, 0.25) is 0 Å². The van der Waals surface area contributed by atoms with E-state index in [1.165, 1.54) is 40.8 Å². The molecule has 46 heavy (non-hydrogen) atoms. The third-order valence-electron chi connectivity index (χ3n) is 7.52. The first-order valence-electron chi connectivity index (χ1n) is 14.8. The van der Waals surface area contributed by atoms with Gasteiger partial charge in [-0.3, -0.25) is 5.32 Å². The number of hydrogen-bond acceptors (Lipinski definition) is 8. The third-order valence-corrected chi connectivity index (χ3v) is 8.52. The Kier molecular flexibility index (Phi) is 10.3. The largest absolute Gasteiger partial charge is 0.573 e. The minimum absolute atomic E-state index is 0.178. The van der Waals surface area contributed by atoms with Gasteiger partial charge in [0.05, 0.1) is 17.7 Å². The number of aliphatic imine (C=N–C) groups is 1. The van der Waals surface area contributed by atoms with E-state index in [1.54, 1.807) is 36.0 Å². The maximum absolute atomic E-state index is 12.4. The fraction of sp³-hybridized carbons (Fsp3) is 0.333. The molecule has 0 amide bonds. The number of hydrogen-bond donors (Lipinski definition) is 2. The van der Waals surface area contributed by atoms with Gasteiger partial charge in [0, 0.05) is 29.6 Å². The predicted octanol–water partition coefficient (Wildman–Crippen LogP) is 6.82. The first-order chi connectivity index (χ1) is 22.0. The van der Waals surface area contributed by atoms with Crippen LogP contribution in [0.25, 0.3) is 17.1 Å². The van der Waals surface area contributed by atoms with Gasteiger partial charge in [0.1, 0.15) is 12.1 Å². The van der Waals surface area contributed by atoms with Crippen molar-refractivity contribution in [2.75, 3.05) is 17.2 Å². The first-order valence-corrected chi connectivity index (χ1v) is 15.8. The number of thioether (sulfide) groups is 1. The van der Waals surface area contributed by atoms with Crippen molar-refractivity contribution in [3.8, 4) is 28.9 Å². The molecule has 1 saturated heterocycles. The summed E-state index contributed by atoms with van der Waals surface area (Å²) in [7, 11) is 0. The first kappa shape index (κ1) is 33.0. The van der Waals surface area contributed by atoms with E-state index in [0.717, 1.165) is 28.6 Å². The number of aliphatic hydroxyl groups excluding tert-OH is 1. The van der Waals surface area contributed by atoms with Gasteiger partial charge in [-0.25, -0.2) is 14.7 Å². The highest BCUT2D eigenvalue weighted by Crippen LogP contribution is 2.35. The number of benzene rings is 3. The highest BCUT2D eigenvalue weighted by molar-refractivity contribution is 8.14. The molecule has 0 saturated carbocycles. The SMILES string of the molecule is CC(C)c1ccccc1N1/C(=N/C(O)NCC(C#N)c2ccc(-c3ncn(-c4ccc(OC(F)(F)F)cc4)n3)cc2)SCCC1C. The number of rotatable bonds is 10. The lowest BCUT2D eigenvalue weighted by molar-refractivity contribution is -0.274. The second kappa shape index (κ2) is 14.4. The molecule has 9 nitrogen and oxygen atoms in total. The van der Waals surface area contributed by atoms with Crippen molar-refractivity contribution in [1.29, 1.82) is 5.26 Å². The van der Waals surface area contributed by atoms with Crippen molar-refractivity contribution < 1.29 is 23.0 Å².